The number of urea groups is 1. The molecule has 230 valence electrons. The Morgan fingerprint density at radius 2 is 1.49 bits per heavy atom. The largest absolute Gasteiger partial charge is 0.496 e. The normalized spacial score (nSPS) is 15.1. The summed E-state index contributed by atoms with van der Waals surface area (Å²) in [4.78, 5) is 29.6. The molecule has 2 amide bonds. The van der Waals surface area contributed by atoms with Crippen LogP contribution in [0.2, 0.25) is 0 Å². The quantitative estimate of drug-likeness (QED) is 0.106. The number of carbonyl (C=O) groups excluding carboxylic acids is 2. The number of hydrogen-bond donors (Lipinski definition) is 1. The van der Waals surface area contributed by atoms with Gasteiger partial charge in [-0.25, -0.2) is 9.59 Å². The van der Waals surface area contributed by atoms with E-state index in [1.54, 1.807) is 35.1 Å². The molecule has 1 aliphatic rings. The van der Waals surface area contributed by atoms with Gasteiger partial charge in [-0.15, -0.1) is 0 Å². The summed E-state index contributed by atoms with van der Waals surface area (Å²) in [6.45, 7) is 6.06. The van der Waals surface area contributed by atoms with E-state index in [0.717, 1.165) is 30.4 Å². The third kappa shape index (κ3) is 10.3. The summed E-state index contributed by atoms with van der Waals surface area (Å²) >= 11 is 5.64. The van der Waals surface area contributed by atoms with E-state index in [1.807, 2.05) is 12.1 Å². The van der Waals surface area contributed by atoms with Crippen molar-refractivity contribution in [3.63, 3.8) is 0 Å². The van der Waals surface area contributed by atoms with E-state index in [-0.39, 0.29) is 17.8 Å². The van der Waals surface area contributed by atoms with Crippen LogP contribution in [0.1, 0.15) is 121 Å². The highest BCUT2D eigenvalue weighted by molar-refractivity contribution is 7.80. The third-order valence-corrected chi connectivity index (χ3v) is 8.03. The fraction of sp³-hybridized carbons (Fsp3) is 0.667. The Balaban J connectivity index is 2.14. The van der Waals surface area contributed by atoms with Crippen molar-refractivity contribution in [2.45, 2.75) is 117 Å². The number of ether oxygens (including phenoxy) is 2. The number of rotatable bonds is 18. The molecule has 0 bridgehead atoms. The zero-order valence-corrected chi connectivity index (χ0v) is 27.2. The van der Waals surface area contributed by atoms with Crippen molar-refractivity contribution >= 4 is 29.3 Å². The van der Waals surface area contributed by atoms with Crippen LogP contribution in [0.3, 0.4) is 0 Å². The van der Waals surface area contributed by atoms with Gasteiger partial charge in [-0.2, -0.15) is 0 Å². The van der Waals surface area contributed by atoms with E-state index in [0.29, 0.717) is 17.0 Å². The molecule has 1 unspecified atom stereocenters. The second-order valence-electron chi connectivity index (χ2n) is 11.2. The zero-order chi connectivity index (χ0) is 30.2. The summed E-state index contributed by atoms with van der Waals surface area (Å²) in [5, 5.41) is 3.30. The van der Waals surface area contributed by atoms with Crippen LogP contribution in [0.5, 0.6) is 5.75 Å². The van der Waals surface area contributed by atoms with Crippen molar-refractivity contribution in [3.05, 3.63) is 40.6 Å². The fourth-order valence-corrected chi connectivity index (χ4v) is 5.86. The topological polar surface area (TPSA) is 71.1 Å². The summed E-state index contributed by atoms with van der Waals surface area (Å²) in [6, 6.07) is 4.84. The lowest BCUT2D eigenvalue weighted by molar-refractivity contribution is -0.139. The van der Waals surface area contributed by atoms with Gasteiger partial charge in [-0.1, -0.05) is 96.1 Å². The molecule has 0 fully saturated rings. The van der Waals surface area contributed by atoms with Gasteiger partial charge in [0, 0.05) is 25.4 Å². The molecule has 1 aromatic rings. The fourth-order valence-electron chi connectivity index (χ4n) is 5.53. The number of nitrogens with zero attached hydrogens (tertiary/aromatic N) is 2. The minimum atomic E-state index is -0.758. The van der Waals surface area contributed by atoms with Gasteiger partial charge in [-0.3, -0.25) is 4.90 Å². The van der Waals surface area contributed by atoms with E-state index >= 15 is 0 Å². The van der Waals surface area contributed by atoms with Crippen LogP contribution in [-0.4, -0.2) is 54.7 Å². The van der Waals surface area contributed by atoms with Crippen LogP contribution in [0.4, 0.5) is 4.79 Å². The predicted molar refractivity (Wildman–Crippen MR) is 171 cm³/mol. The van der Waals surface area contributed by atoms with Gasteiger partial charge in [-0.05, 0) is 50.5 Å². The van der Waals surface area contributed by atoms with Crippen LogP contribution < -0.4 is 10.1 Å². The van der Waals surface area contributed by atoms with Gasteiger partial charge < -0.3 is 19.7 Å². The molecule has 1 aliphatic heterocycles. The van der Waals surface area contributed by atoms with Gasteiger partial charge in [0.1, 0.15) is 11.8 Å². The molecular formula is C33H53N3O4S. The summed E-state index contributed by atoms with van der Waals surface area (Å²) in [5.41, 5.74) is 2.79. The van der Waals surface area contributed by atoms with E-state index in [4.69, 9.17) is 21.7 Å². The number of carbonyl (C=O) groups is 2. The average molecular weight is 588 g/mol. The Kier molecular flexibility index (Phi) is 15.8. The highest BCUT2D eigenvalue weighted by Gasteiger charge is 2.43. The maximum absolute atomic E-state index is 13.4. The second kappa shape index (κ2) is 18.7. The zero-order valence-electron chi connectivity index (χ0n) is 26.4. The smallest absolute Gasteiger partial charge is 0.338 e. The Labute approximate surface area is 254 Å². The second-order valence-corrected chi connectivity index (χ2v) is 11.6. The maximum Gasteiger partial charge on any atom is 0.338 e. The molecule has 1 atom stereocenters. The molecule has 0 radical (unpaired) electrons. The van der Waals surface area contributed by atoms with Crippen molar-refractivity contribution in [2.75, 3.05) is 27.8 Å². The summed E-state index contributed by atoms with van der Waals surface area (Å²) < 4.78 is 11.3. The first kappa shape index (κ1) is 34.6. The van der Waals surface area contributed by atoms with E-state index in [2.05, 4.69) is 18.3 Å². The molecule has 2 rings (SSSR count). The molecule has 41 heavy (non-hydrogen) atoms. The third-order valence-electron chi connectivity index (χ3n) is 7.73. The first-order chi connectivity index (χ1) is 19.8. The Hall–Kier alpha value is -2.61. The van der Waals surface area contributed by atoms with Gasteiger partial charge in [0.05, 0.1) is 19.3 Å². The van der Waals surface area contributed by atoms with Crippen molar-refractivity contribution in [3.8, 4) is 5.75 Å². The molecule has 0 aromatic heterocycles. The molecule has 8 heteroatoms. The molecule has 0 spiro atoms. The van der Waals surface area contributed by atoms with Gasteiger partial charge >= 0.3 is 12.0 Å². The Morgan fingerprint density at radius 1 is 0.927 bits per heavy atom. The molecule has 1 aromatic carbocycles. The van der Waals surface area contributed by atoms with Crippen molar-refractivity contribution in [1.29, 1.82) is 0 Å². The Bertz CT molecular complexity index is 1020. The van der Waals surface area contributed by atoms with Crippen LogP contribution in [0, 0.1) is 0 Å². The molecule has 1 N–H and O–H groups in total. The number of benzene rings is 1. The van der Waals surface area contributed by atoms with E-state index < -0.39 is 12.0 Å². The predicted octanol–water partition coefficient (Wildman–Crippen LogP) is 8.08. The Morgan fingerprint density at radius 3 is 2.00 bits per heavy atom. The average Bonchev–Trinajstić information content (AvgIpc) is 2.94. The molecular weight excluding hydrogens is 534 g/mol. The number of esters is 1. The van der Waals surface area contributed by atoms with Crippen LogP contribution >= 0.6 is 12.2 Å². The lowest BCUT2D eigenvalue weighted by atomic mass is 9.88. The van der Waals surface area contributed by atoms with Crippen molar-refractivity contribution in [2.24, 2.45) is 0 Å². The summed E-state index contributed by atoms with van der Waals surface area (Å²) in [6.07, 6.45) is 17.7. The molecule has 7 nitrogen and oxygen atoms in total. The monoisotopic (exact) mass is 587 g/mol. The van der Waals surface area contributed by atoms with Crippen molar-refractivity contribution < 1.29 is 19.1 Å². The molecule has 0 saturated carbocycles. The number of aryl methyl sites for hydroxylation is 1. The number of methoxy groups -OCH3 is 1. The first-order valence-corrected chi connectivity index (χ1v) is 16.0. The highest BCUT2D eigenvalue weighted by atomic mass is 32.1. The van der Waals surface area contributed by atoms with E-state index in [1.165, 1.54) is 80.4 Å². The number of allylic oxidation sites excluding steroid dienone is 1. The van der Waals surface area contributed by atoms with Crippen LogP contribution in [0.25, 0.3) is 0 Å². The lowest BCUT2D eigenvalue weighted by Gasteiger charge is -2.40. The minimum Gasteiger partial charge on any atom is -0.496 e. The van der Waals surface area contributed by atoms with Gasteiger partial charge in [0.25, 0.3) is 0 Å². The summed E-state index contributed by atoms with van der Waals surface area (Å²) in [5.74, 6) is 0.150. The number of hydrogen-bond acceptors (Lipinski definition) is 5. The SMILES string of the molecule is CCCCCCCCCCCCCCCc1cccc(OC)c1C1C(C(=O)OCC)=C(C)NC(=S)N1C(=O)N(C)C. The van der Waals surface area contributed by atoms with E-state index in [9.17, 15) is 9.59 Å². The maximum atomic E-state index is 13.4. The molecule has 0 saturated heterocycles. The molecule has 1 heterocycles. The standard InChI is InChI=1S/C33H53N3O4S/c1-7-9-10-11-12-13-14-15-16-17-18-19-20-22-26-23-21-24-27(39-6)29(26)30-28(31(37)40-8-2)25(3)34-32(41)36(30)33(38)35(4)5/h21,23-24,30H,7-20,22H2,1-6H3,(H,34,41). The van der Waals surface area contributed by atoms with Crippen LogP contribution in [-0.2, 0) is 16.0 Å². The van der Waals surface area contributed by atoms with Crippen LogP contribution in [0.15, 0.2) is 29.5 Å². The summed E-state index contributed by atoms with van der Waals surface area (Å²) in [7, 11) is 4.97. The van der Waals surface area contributed by atoms with Crippen molar-refractivity contribution in [1.82, 2.24) is 15.1 Å². The number of nitrogens with one attached hydrogen (secondary N) is 1. The first-order valence-electron chi connectivity index (χ1n) is 15.6. The number of amides is 2. The van der Waals surface area contributed by atoms with Gasteiger partial charge in [0.15, 0.2) is 5.11 Å². The highest BCUT2D eigenvalue weighted by Crippen LogP contribution is 2.41. The van der Waals surface area contributed by atoms with Gasteiger partial charge in [0.2, 0.25) is 0 Å². The number of unbranched alkanes of at least 4 members (excludes halogenated alkanes) is 12. The lowest BCUT2D eigenvalue weighted by Crippen LogP contribution is -2.54. The molecule has 0 aliphatic carbocycles. The number of thiocarbonyl (C=S) groups is 1. The minimum absolute atomic E-state index is 0.228.